The van der Waals surface area contributed by atoms with Gasteiger partial charge in [0.2, 0.25) is 5.91 Å². The molecule has 146 valence electrons. The van der Waals surface area contributed by atoms with E-state index in [0.29, 0.717) is 19.1 Å². The number of amides is 2. The van der Waals surface area contributed by atoms with Gasteiger partial charge < -0.3 is 10.2 Å². The minimum atomic E-state index is 0.0311. The molecular formula is C20H28N4O2S. The SMILES string of the molecule is CNC(=O)C1CCN(C(=O)c2cc3c(C)nn(C4CCCCC4)c3s2)CC1. The summed E-state index contributed by atoms with van der Waals surface area (Å²) in [6.45, 7) is 3.34. The highest BCUT2D eigenvalue weighted by Gasteiger charge is 2.29. The van der Waals surface area contributed by atoms with Crippen LogP contribution in [-0.4, -0.2) is 46.6 Å². The molecule has 0 atom stereocenters. The van der Waals surface area contributed by atoms with E-state index < -0.39 is 0 Å². The summed E-state index contributed by atoms with van der Waals surface area (Å²) < 4.78 is 2.18. The fourth-order valence-electron chi connectivity index (χ4n) is 4.45. The van der Waals surface area contributed by atoms with Gasteiger partial charge in [0.15, 0.2) is 0 Å². The summed E-state index contributed by atoms with van der Waals surface area (Å²) >= 11 is 1.58. The maximum Gasteiger partial charge on any atom is 0.264 e. The van der Waals surface area contributed by atoms with Crippen LogP contribution in [0.1, 0.15) is 66.4 Å². The van der Waals surface area contributed by atoms with Crippen LogP contribution in [-0.2, 0) is 4.79 Å². The quantitative estimate of drug-likeness (QED) is 0.875. The number of hydrogen-bond acceptors (Lipinski definition) is 4. The minimum Gasteiger partial charge on any atom is -0.359 e. The fraction of sp³-hybridized carbons (Fsp3) is 0.650. The van der Waals surface area contributed by atoms with Gasteiger partial charge in [-0.05, 0) is 38.7 Å². The van der Waals surface area contributed by atoms with Gasteiger partial charge in [0, 0.05) is 31.4 Å². The molecule has 1 aliphatic heterocycles. The highest BCUT2D eigenvalue weighted by Crippen LogP contribution is 2.36. The van der Waals surface area contributed by atoms with Crippen molar-refractivity contribution in [2.24, 2.45) is 5.92 Å². The standard InChI is InChI=1S/C20H28N4O2S/c1-13-16-12-17(19(26)23-10-8-14(9-11-23)18(25)21-2)27-20(16)24(22-13)15-6-4-3-5-7-15/h12,14-15H,3-11H2,1-2H3,(H,21,25). The van der Waals surface area contributed by atoms with Crippen molar-refractivity contribution in [1.29, 1.82) is 0 Å². The molecule has 2 aromatic heterocycles. The molecule has 1 N–H and O–H groups in total. The van der Waals surface area contributed by atoms with E-state index in [-0.39, 0.29) is 17.7 Å². The van der Waals surface area contributed by atoms with Crippen LogP contribution >= 0.6 is 11.3 Å². The maximum absolute atomic E-state index is 13.0. The number of thiophene rings is 1. The van der Waals surface area contributed by atoms with Crippen molar-refractivity contribution in [1.82, 2.24) is 20.0 Å². The average molecular weight is 389 g/mol. The zero-order valence-corrected chi connectivity index (χ0v) is 17.0. The number of hydrogen-bond donors (Lipinski definition) is 1. The van der Waals surface area contributed by atoms with E-state index in [2.05, 4.69) is 10.00 Å². The Morgan fingerprint density at radius 2 is 1.85 bits per heavy atom. The molecule has 0 unspecified atom stereocenters. The van der Waals surface area contributed by atoms with Gasteiger partial charge in [0.1, 0.15) is 4.83 Å². The normalized spacial score (nSPS) is 19.6. The molecule has 2 amide bonds. The summed E-state index contributed by atoms with van der Waals surface area (Å²) in [5, 5.41) is 8.62. The van der Waals surface area contributed by atoms with Gasteiger partial charge in [-0.3, -0.25) is 14.3 Å². The van der Waals surface area contributed by atoms with Crippen LogP contribution in [0.3, 0.4) is 0 Å². The summed E-state index contributed by atoms with van der Waals surface area (Å²) in [6, 6.07) is 2.49. The molecular weight excluding hydrogens is 360 g/mol. The van der Waals surface area contributed by atoms with E-state index in [9.17, 15) is 9.59 Å². The van der Waals surface area contributed by atoms with Crippen LogP contribution in [0, 0.1) is 12.8 Å². The number of aromatic nitrogens is 2. The van der Waals surface area contributed by atoms with Crippen molar-refractivity contribution in [2.75, 3.05) is 20.1 Å². The minimum absolute atomic E-state index is 0.0311. The van der Waals surface area contributed by atoms with Crippen LogP contribution in [0.4, 0.5) is 0 Å². The van der Waals surface area contributed by atoms with E-state index in [0.717, 1.165) is 33.6 Å². The van der Waals surface area contributed by atoms with Crippen molar-refractivity contribution in [2.45, 2.75) is 57.9 Å². The van der Waals surface area contributed by atoms with Gasteiger partial charge in [-0.2, -0.15) is 5.10 Å². The van der Waals surface area contributed by atoms with Crippen LogP contribution in [0.15, 0.2) is 6.07 Å². The number of aryl methyl sites for hydroxylation is 1. The van der Waals surface area contributed by atoms with Crippen molar-refractivity contribution in [3.63, 3.8) is 0 Å². The smallest absolute Gasteiger partial charge is 0.264 e. The third-order valence-electron chi connectivity index (χ3n) is 6.10. The first kappa shape index (κ1) is 18.5. The van der Waals surface area contributed by atoms with E-state index in [1.165, 1.54) is 32.1 Å². The summed E-state index contributed by atoms with van der Waals surface area (Å²) in [7, 11) is 1.68. The molecule has 27 heavy (non-hydrogen) atoms. The van der Waals surface area contributed by atoms with Gasteiger partial charge in [0.05, 0.1) is 16.6 Å². The van der Waals surface area contributed by atoms with E-state index in [1.807, 2.05) is 17.9 Å². The Kier molecular flexibility index (Phi) is 5.21. The van der Waals surface area contributed by atoms with Crippen molar-refractivity contribution in [3.8, 4) is 0 Å². The van der Waals surface area contributed by atoms with Gasteiger partial charge in [-0.15, -0.1) is 11.3 Å². The third kappa shape index (κ3) is 3.49. The molecule has 2 fully saturated rings. The molecule has 6 nitrogen and oxygen atoms in total. The average Bonchev–Trinajstić information content (AvgIpc) is 3.28. The molecule has 0 bridgehead atoms. The Balaban J connectivity index is 1.52. The van der Waals surface area contributed by atoms with Gasteiger partial charge in [0.25, 0.3) is 5.91 Å². The van der Waals surface area contributed by atoms with Crippen molar-refractivity contribution >= 4 is 33.4 Å². The predicted octanol–water partition coefficient (Wildman–Crippen LogP) is 3.51. The summed E-state index contributed by atoms with van der Waals surface area (Å²) in [5.74, 6) is 0.219. The first-order valence-electron chi connectivity index (χ1n) is 10.1. The molecule has 7 heteroatoms. The second-order valence-corrected chi connectivity index (χ2v) is 8.86. The molecule has 0 spiro atoms. The summed E-state index contributed by atoms with van der Waals surface area (Å²) in [5.41, 5.74) is 1.02. The molecule has 0 radical (unpaired) electrons. The molecule has 2 aromatic rings. The Morgan fingerprint density at radius 1 is 1.15 bits per heavy atom. The van der Waals surface area contributed by atoms with Gasteiger partial charge >= 0.3 is 0 Å². The Bertz CT molecular complexity index is 842. The molecule has 1 saturated carbocycles. The summed E-state index contributed by atoms with van der Waals surface area (Å²) in [4.78, 5) is 28.7. The monoisotopic (exact) mass is 388 g/mol. The predicted molar refractivity (Wildman–Crippen MR) is 107 cm³/mol. The fourth-order valence-corrected chi connectivity index (χ4v) is 5.66. The second kappa shape index (κ2) is 7.62. The molecule has 1 saturated heterocycles. The van der Waals surface area contributed by atoms with Crippen LogP contribution in [0.5, 0.6) is 0 Å². The molecule has 4 rings (SSSR count). The lowest BCUT2D eigenvalue weighted by atomic mass is 9.96. The summed E-state index contributed by atoms with van der Waals surface area (Å²) in [6.07, 6.45) is 7.70. The Labute approximate surface area is 163 Å². The van der Waals surface area contributed by atoms with Crippen LogP contribution in [0.25, 0.3) is 10.2 Å². The molecule has 0 aromatic carbocycles. The van der Waals surface area contributed by atoms with Crippen molar-refractivity contribution in [3.05, 3.63) is 16.6 Å². The first-order valence-corrected chi connectivity index (χ1v) is 10.9. The lowest BCUT2D eigenvalue weighted by Crippen LogP contribution is -2.42. The number of fused-ring (bicyclic) bond motifs is 1. The number of carbonyl (C=O) groups excluding carboxylic acids is 2. The van der Waals surface area contributed by atoms with E-state index in [1.54, 1.807) is 18.4 Å². The number of piperidine rings is 1. The van der Waals surface area contributed by atoms with Crippen molar-refractivity contribution < 1.29 is 9.59 Å². The van der Waals surface area contributed by atoms with Gasteiger partial charge in [-0.1, -0.05) is 19.3 Å². The zero-order valence-electron chi connectivity index (χ0n) is 16.2. The number of nitrogens with zero attached hydrogens (tertiary/aromatic N) is 3. The molecule has 3 heterocycles. The maximum atomic E-state index is 13.0. The lowest BCUT2D eigenvalue weighted by Gasteiger charge is -2.30. The molecule has 1 aliphatic carbocycles. The highest BCUT2D eigenvalue weighted by molar-refractivity contribution is 7.20. The first-order chi connectivity index (χ1) is 13.1. The van der Waals surface area contributed by atoms with Gasteiger partial charge in [-0.25, -0.2) is 0 Å². The number of carbonyl (C=O) groups is 2. The van der Waals surface area contributed by atoms with Crippen LogP contribution < -0.4 is 5.32 Å². The molecule has 2 aliphatic rings. The van der Waals surface area contributed by atoms with E-state index >= 15 is 0 Å². The third-order valence-corrected chi connectivity index (χ3v) is 7.21. The number of likely N-dealkylation sites (tertiary alicyclic amines) is 1. The second-order valence-electron chi connectivity index (χ2n) is 7.83. The largest absolute Gasteiger partial charge is 0.359 e. The number of rotatable bonds is 3. The Morgan fingerprint density at radius 3 is 2.52 bits per heavy atom. The van der Waals surface area contributed by atoms with Crippen LogP contribution in [0.2, 0.25) is 0 Å². The van der Waals surface area contributed by atoms with E-state index in [4.69, 9.17) is 5.10 Å². The number of nitrogens with one attached hydrogen (secondary N) is 1. The lowest BCUT2D eigenvalue weighted by molar-refractivity contribution is -0.125. The highest BCUT2D eigenvalue weighted by atomic mass is 32.1. The Hall–Kier alpha value is -1.89. The topological polar surface area (TPSA) is 67.2 Å². The zero-order chi connectivity index (χ0) is 19.0.